The van der Waals surface area contributed by atoms with E-state index in [0.717, 1.165) is 10.6 Å². The normalized spacial score (nSPS) is 10.3. The molecule has 0 aliphatic rings. The molecule has 3 nitrogen and oxygen atoms in total. The molecule has 1 amide bonds. The highest BCUT2D eigenvalue weighted by molar-refractivity contribution is 7.11. The van der Waals surface area contributed by atoms with Crippen molar-refractivity contribution in [1.29, 1.82) is 0 Å². The molecule has 1 N–H and O–H groups in total. The fourth-order valence-electron chi connectivity index (χ4n) is 0.949. The zero-order chi connectivity index (χ0) is 9.14. The van der Waals surface area contributed by atoms with Crippen molar-refractivity contribution in [3.05, 3.63) is 16.1 Å². The van der Waals surface area contributed by atoms with Gasteiger partial charge in [0.1, 0.15) is 4.88 Å². The van der Waals surface area contributed by atoms with E-state index in [2.05, 4.69) is 10.3 Å². The van der Waals surface area contributed by atoms with Crippen LogP contribution in [-0.2, 0) is 0 Å². The Kier molecular flexibility index (Phi) is 2.81. The number of carbonyl (C=O) groups is 1. The van der Waals surface area contributed by atoms with E-state index in [1.54, 1.807) is 12.6 Å². The van der Waals surface area contributed by atoms with Gasteiger partial charge in [0.25, 0.3) is 5.91 Å². The first kappa shape index (κ1) is 9.19. The second-order valence-electron chi connectivity index (χ2n) is 2.80. The van der Waals surface area contributed by atoms with Gasteiger partial charge in [0.2, 0.25) is 0 Å². The molecule has 0 saturated carbocycles. The van der Waals surface area contributed by atoms with Crippen LogP contribution >= 0.6 is 11.3 Å². The molecular weight excluding hydrogens is 172 g/mol. The summed E-state index contributed by atoms with van der Waals surface area (Å²) in [6.07, 6.45) is 0. The number of carbonyl (C=O) groups excluding carboxylic acids is 1. The molecule has 4 heteroatoms. The second-order valence-corrected chi connectivity index (χ2v) is 3.66. The summed E-state index contributed by atoms with van der Waals surface area (Å²) in [6.45, 7) is 4.06. The minimum atomic E-state index is -0.0406. The fraction of sp³-hybridized carbons (Fsp3) is 0.500. The summed E-state index contributed by atoms with van der Waals surface area (Å²) < 4.78 is 0. The predicted molar refractivity (Wildman–Crippen MR) is 49.6 cm³/mol. The minimum Gasteiger partial charge on any atom is -0.354 e. The predicted octanol–water partition coefficient (Wildman–Crippen LogP) is 1.63. The van der Waals surface area contributed by atoms with Gasteiger partial charge in [-0.1, -0.05) is 13.8 Å². The molecule has 0 atom stereocenters. The first-order valence-corrected chi connectivity index (χ1v) is 4.70. The van der Waals surface area contributed by atoms with Crippen LogP contribution in [0.1, 0.15) is 35.1 Å². The summed E-state index contributed by atoms with van der Waals surface area (Å²) in [6, 6.07) is 0. The summed E-state index contributed by atoms with van der Waals surface area (Å²) in [4.78, 5) is 16.1. The van der Waals surface area contributed by atoms with Crippen molar-refractivity contribution in [2.45, 2.75) is 19.8 Å². The number of rotatable bonds is 2. The average Bonchev–Trinajstić information content (AvgIpc) is 2.50. The van der Waals surface area contributed by atoms with Crippen molar-refractivity contribution in [3.8, 4) is 0 Å². The van der Waals surface area contributed by atoms with E-state index < -0.39 is 0 Å². The Balaban J connectivity index is 2.99. The van der Waals surface area contributed by atoms with Crippen molar-refractivity contribution in [2.24, 2.45) is 0 Å². The molecule has 0 unspecified atom stereocenters. The Morgan fingerprint density at radius 1 is 1.67 bits per heavy atom. The van der Waals surface area contributed by atoms with Crippen LogP contribution in [0.3, 0.4) is 0 Å². The van der Waals surface area contributed by atoms with Crippen LogP contribution in [0.4, 0.5) is 0 Å². The maximum absolute atomic E-state index is 11.3. The van der Waals surface area contributed by atoms with Crippen LogP contribution in [-0.4, -0.2) is 17.9 Å². The molecule has 0 radical (unpaired) electrons. The Bertz CT molecular complexity index is 280. The van der Waals surface area contributed by atoms with Crippen LogP contribution in [0.2, 0.25) is 0 Å². The van der Waals surface area contributed by atoms with Gasteiger partial charge >= 0.3 is 0 Å². The van der Waals surface area contributed by atoms with Gasteiger partial charge in [0.15, 0.2) is 0 Å². The lowest BCUT2D eigenvalue weighted by Crippen LogP contribution is -2.18. The molecule has 0 bridgehead atoms. The summed E-state index contributed by atoms with van der Waals surface area (Å²) in [5.41, 5.74) is 2.60. The zero-order valence-electron chi connectivity index (χ0n) is 7.42. The Labute approximate surface area is 75.8 Å². The van der Waals surface area contributed by atoms with E-state index in [9.17, 15) is 4.79 Å². The lowest BCUT2D eigenvalue weighted by Gasteiger charge is -2.02. The highest BCUT2D eigenvalue weighted by Crippen LogP contribution is 2.20. The molecule has 1 heterocycles. The number of nitrogens with zero attached hydrogens (tertiary/aromatic N) is 1. The lowest BCUT2D eigenvalue weighted by molar-refractivity contribution is 0.0965. The summed E-state index contributed by atoms with van der Waals surface area (Å²) >= 11 is 1.39. The van der Waals surface area contributed by atoms with Gasteiger partial charge in [-0.2, -0.15) is 0 Å². The molecule has 0 aromatic carbocycles. The van der Waals surface area contributed by atoms with Gasteiger partial charge in [-0.25, -0.2) is 4.98 Å². The standard InChI is InChI=1S/C8H12N2OS/c1-5(2)6-7(8(11)9-3)12-4-10-6/h4-5H,1-3H3,(H,9,11). The smallest absolute Gasteiger partial charge is 0.263 e. The third-order valence-corrected chi connectivity index (χ3v) is 2.42. The van der Waals surface area contributed by atoms with Gasteiger partial charge in [-0.05, 0) is 5.92 Å². The van der Waals surface area contributed by atoms with Crippen LogP contribution in [0.5, 0.6) is 0 Å². The van der Waals surface area contributed by atoms with E-state index in [1.807, 2.05) is 13.8 Å². The maximum atomic E-state index is 11.3. The molecule has 0 aliphatic carbocycles. The van der Waals surface area contributed by atoms with Crippen molar-refractivity contribution in [3.63, 3.8) is 0 Å². The first-order chi connectivity index (χ1) is 5.66. The Hall–Kier alpha value is -0.900. The highest BCUT2D eigenvalue weighted by atomic mass is 32.1. The Morgan fingerprint density at radius 3 is 2.83 bits per heavy atom. The molecule has 0 spiro atoms. The fourth-order valence-corrected chi connectivity index (χ4v) is 1.84. The molecule has 66 valence electrons. The van der Waals surface area contributed by atoms with Gasteiger partial charge in [-0.15, -0.1) is 11.3 Å². The van der Waals surface area contributed by atoms with Crippen LogP contribution in [0.15, 0.2) is 5.51 Å². The third kappa shape index (κ3) is 1.64. The molecule has 1 aromatic rings. The van der Waals surface area contributed by atoms with Gasteiger partial charge in [-0.3, -0.25) is 4.79 Å². The minimum absolute atomic E-state index is 0.0406. The van der Waals surface area contributed by atoms with E-state index in [1.165, 1.54) is 11.3 Å². The molecular formula is C8H12N2OS. The maximum Gasteiger partial charge on any atom is 0.263 e. The van der Waals surface area contributed by atoms with Crippen molar-refractivity contribution in [1.82, 2.24) is 10.3 Å². The average molecular weight is 184 g/mol. The quantitative estimate of drug-likeness (QED) is 0.759. The topological polar surface area (TPSA) is 42.0 Å². The molecule has 1 aromatic heterocycles. The molecule has 0 saturated heterocycles. The zero-order valence-corrected chi connectivity index (χ0v) is 8.23. The van der Waals surface area contributed by atoms with E-state index >= 15 is 0 Å². The number of amides is 1. The number of hydrogen-bond acceptors (Lipinski definition) is 3. The number of aromatic nitrogens is 1. The van der Waals surface area contributed by atoms with Gasteiger partial charge in [0.05, 0.1) is 11.2 Å². The van der Waals surface area contributed by atoms with Crippen LogP contribution in [0.25, 0.3) is 0 Å². The monoisotopic (exact) mass is 184 g/mol. The summed E-state index contributed by atoms with van der Waals surface area (Å²) in [5, 5.41) is 2.59. The SMILES string of the molecule is CNC(=O)c1scnc1C(C)C. The van der Waals surface area contributed by atoms with Crippen molar-refractivity contribution < 1.29 is 4.79 Å². The van der Waals surface area contributed by atoms with Gasteiger partial charge in [0, 0.05) is 7.05 Å². The molecule has 0 aliphatic heterocycles. The van der Waals surface area contributed by atoms with Crippen LogP contribution in [0, 0.1) is 0 Å². The number of thiazole rings is 1. The van der Waals surface area contributed by atoms with E-state index in [-0.39, 0.29) is 5.91 Å². The third-order valence-electron chi connectivity index (χ3n) is 1.58. The number of nitrogens with one attached hydrogen (secondary N) is 1. The summed E-state index contributed by atoms with van der Waals surface area (Å²) in [5.74, 6) is 0.268. The molecule has 1 rings (SSSR count). The second kappa shape index (κ2) is 3.67. The Morgan fingerprint density at radius 2 is 2.33 bits per heavy atom. The molecule has 0 fully saturated rings. The van der Waals surface area contributed by atoms with E-state index in [0.29, 0.717) is 5.92 Å². The van der Waals surface area contributed by atoms with Gasteiger partial charge < -0.3 is 5.32 Å². The van der Waals surface area contributed by atoms with E-state index in [4.69, 9.17) is 0 Å². The largest absolute Gasteiger partial charge is 0.354 e. The van der Waals surface area contributed by atoms with Crippen LogP contribution < -0.4 is 5.32 Å². The summed E-state index contributed by atoms with van der Waals surface area (Å²) in [7, 11) is 1.63. The van der Waals surface area contributed by atoms with Crippen molar-refractivity contribution >= 4 is 17.2 Å². The first-order valence-electron chi connectivity index (χ1n) is 3.82. The van der Waals surface area contributed by atoms with Crippen molar-refractivity contribution in [2.75, 3.05) is 7.05 Å². The number of hydrogen-bond donors (Lipinski definition) is 1. The molecule has 12 heavy (non-hydrogen) atoms. The highest BCUT2D eigenvalue weighted by Gasteiger charge is 2.15. The lowest BCUT2D eigenvalue weighted by atomic mass is 10.1.